The highest BCUT2D eigenvalue weighted by atomic mass is 16.5. The summed E-state index contributed by atoms with van der Waals surface area (Å²) in [7, 11) is 16.3. The highest BCUT2D eigenvalue weighted by Crippen LogP contribution is 2.27. The molecule has 0 aromatic carbocycles. The van der Waals surface area contributed by atoms with Crippen LogP contribution in [-0.2, 0) is 4.74 Å². The van der Waals surface area contributed by atoms with E-state index in [1.54, 1.807) is 7.11 Å². The Balaban J connectivity index is 0.000000367. The maximum atomic E-state index is 4.81. The van der Waals surface area contributed by atoms with Crippen molar-refractivity contribution in [3.63, 3.8) is 0 Å². The second-order valence-electron chi connectivity index (χ2n) is 9.62. The molecule has 4 rings (SSSR count). The summed E-state index contributed by atoms with van der Waals surface area (Å²) in [5.74, 6) is 1.04. The van der Waals surface area contributed by atoms with Gasteiger partial charge in [-0.1, -0.05) is 0 Å². The van der Waals surface area contributed by atoms with Crippen molar-refractivity contribution in [2.75, 3.05) is 115 Å². The van der Waals surface area contributed by atoms with E-state index in [9.17, 15) is 0 Å². The van der Waals surface area contributed by atoms with E-state index in [1.807, 2.05) is 28.2 Å². The summed E-state index contributed by atoms with van der Waals surface area (Å²) in [6.45, 7) is 10.6. The molecule has 2 aliphatic heterocycles. The molecule has 2 saturated carbocycles. The average Bonchev–Trinajstić information content (AvgIpc) is 3.63. The van der Waals surface area contributed by atoms with Crippen LogP contribution < -0.4 is 10.6 Å². The molecule has 2 N–H and O–H groups in total. The predicted molar refractivity (Wildman–Crippen MR) is 136 cm³/mol. The van der Waals surface area contributed by atoms with Gasteiger partial charge in [-0.05, 0) is 107 Å². The molecule has 0 aromatic heterocycles. The summed E-state index contributed by atoms with van der Waals surface area (Å²) < 4.78 is 4.81. The van der Waals surface area contributed by atoms with E-state index in [0.29, 0.717) is 0 Å². The number of methoxy groups -OCH3 is 1. The highest BCUT2D eigenvalue weighted by Gasteiger charge is 2.19. The number of nitrogens with one attached hydrogen (secondary N) is 2. The molecular formula is C24H56N6O. The maximum absolute atomic E-state index is 4.81. The summed E-state index contributed by atoms with van der Waals surface area (Å²) in [6, 6.07) is 0.884. The van der Waals surface area contributed by atoms with Gasteiger partial charge in [0.15, 0.2) is 0 Å². The lowest BCUT2D eigenvalue weighted by atomic mass is 10.3. The monoisotopic (exact) mass is 444 g/mol. The van der Waals surface area contributed by atoms with Crippen LogP contribution in [0, 0.1) is 5.92 Å². The topological polar surface area (TPSA) is 46.3 Å². The summed E-state index contributed by atoms with van der Waals surface area (Å²) in [5.41, 5.74) is 0. The zero-order valence-electron chi connectivity index (χ0n) is 22.3. The Kier molecular flexibility index (Phi) is 20.2. The summed E-state index contributed by atoms with van der Waals surface area (Å²) in [4.78, 5) is 9.11. The molecule has 0 atom stereocenters. The number of rotatable bonds is 6. The lowest BCUT2D eigenvalue weighted by Gasteiger charge is -2.28. The Hall–Kier alpha value is -0.280. The van der Waals surface area contributed by atoms with Crippen molar-refractivity contribution in [1.82, 2.24) is 30.2 Å². The third kappa shape index (κ3) is 24.2. The number of nitrogens with zero attached hydrogens (tertiary/aromatic N) is 4. The van der Waals surface area contributed by atoms with Gasteiger partial charge in [-0.25, -0.2) is 0 Å². The Morgan fingerprint density at radius 1 is 0.806 bits per heavy atom. The van der Waals surface area contributed by atoms with Crippen LogP contribution in [0.5, 0.6) is 0 Å². The standard InChI is InChI=1S/C6H14N2.C5H13NO.C5H11N.2C4H9N/c1-7-3-5-8(2)6-4-7;1-6(2)4-5-7-3;1-6-4-5-2-3-5;1-5-3-2-4-5;1-5-4-2-3-4/h3-6H2,1-2H3;4-5H2,1-3H3;5-6H,2-4H2,1H3;2-4H2,1H3;4-5H,2-3H2,1H3. The normalized spacial score (nSPS) is 21.2. The van der Waals surface area contributed by atoms with E-state index < -0.39 is 0 Å². The second-order valence-corrected chi connectivity index (χ2v) is 9.62. The molecule has 0 unspecified atom stereocenters. The lowest BCUT2D eigenvalue weighted by Crippen LogP contribution is -2.42. The Bertz CT molecular complexity index is 355. The molecule has 4 fully saturated rings. The summed E-state index contributed by atoms with van der Waals surface area (Å²) >= 11 is 0. The van der Waals surface area contributed by atoms with Crippen molar-refractivity contribution < 1.29 is 4.74 Å². The first-order valence-electron chi connectivity index (χ1n) is 12.3. The molecule has 4 aliphatic rings. The van der Waals surface area contributed by atoms with E-state index >= 15 is 0 Å². The number of likely N-dealkylation sites (tertiary alicyclic amines) is 1. The highest BCUT2D eigenvalue weighted by molar-refractivity contribution is 4.78. The van der Waals surface area contributed by atoms with E-state index in [1.165, 1.54) is 77.9 Å². The lowest BCUT2D eigenvalue weighted by molar-refractivity contribution is 0.172. The molecule has 0 spiro atoms. The van der Waals surface area contributed by atoms with E-state index in [0.717, 1.165) is 25.1 Å². The number of hydrogen-bond donors (Lipinski definition) is 2. The van der Waals surface area contributed by atoms with Gasteiger partial charge in [-0.3, -0.25) is 0 Å². The molecule has 0 bridgehead atoms. The minimum atomic E-state index is 0.826. The SMILES string of the molecule is CN1CCC1.CN1CCN(C)CC1.CNC1CC1.CNCC1CC1.COCCN(C)C. The smallest absolute Gasteiger partial charge is 0.0589 e. The number of likely N-dealkylation sites (N-methyl/N-ethyl adjacent to an activating group) is 3. The molecular weight excluding hydrogens is 388 g/mol. The van der Waals surface area contributed by atoms with Gasteiger partial charge in [0.05, 0.1) is 6.61 Å². The summed E-state index contributed by atoms with van der Waals surface area (Å²) in [5, 5.41) is 6.27. The van der Waals surface area contributed by atoms with Crippen molar-refractivity contribution in [3.8, 4) is 0 Å². The second kappa shape index (κ2) is 20.3. The molecule has 31 heavy (non-hydrogen) atoms. The fraction of sp³-hybridized carbons (Fsp3) is 1.00. The number of piperazine rings is 1. The van der Waals surface area contributed by atoms with Gasteiger partial charge in [0.1, 0.15) is 0 Å². The maximum Gasteiger partial charge on any atom is 0.0589 e. The van der Waals surface area contributed by atoms with Crippen molar-refractivity contribution in [2.45, 2.75) is 38.1 Å². The van der Waals surface area contributed by atoms with Gasteiger partial charge in [-0.2, -0.15) is 0 Å². The molecule has 0 amide bonds. The predicted octanol–water partition coefficient (Wildman–Crippen LogP) is 1.36. The summed E-state index contributed by atoms with van der Waals surface area (Å²) in [6.07, 6.45) is 7.13. The first-order valence-corrected chi connectivity index (χ1v) is 12.3. The van der Waals surface area contributed by atoms with Crippen LogP contribution in [0.3, 0.4) is 0 Å². The molecule has 188 valence electrons. The third-order valence-corrected chi connectivity index (χ3v) is 5.72. The van der Waals surface area contributed by atoms with Crippen LogP contribution in [0.2, 0.25) is 0 Å². The third-order valence-electron chi connectivity index (χ3n) is 5.72. The van der Waals surface area contributed by atoms with Crippen LogP contribution in [0.1, 0.15) is 32.1 Å². The van der Waals surface area contributed by atoms with E-state index in [-0.39, 0.29) is 0 Å². The largest absolute Gasteiger partial charge is 0.383 e. The van der Waals surface area contributed by atoms with Gasteiger partial charge < -0.3 is 35.0 Å². The van der Waals surface area contributed by atoms with Crippen LogP contribution in [-0.4, -0.2) is 141 Å². The van der Waals surface area contributed by atoms with Crippen LogP contribution >= 0.6 is 0 Å². The van der Waals surface area contributed by atoms with Crippen LogP contribution in [0.4, 0.5) is 0 Å². The Morgan fingerprint density at radius 3 is 1.39 bits per heavy atom. The molecule has 7 nitrogen and oxygen atoms in total. The van der Waals surface area contributed by atoms with Crippen molar-refractivity contribution in [3.05, 3.63) is 0 Å². The van der Waals surface area contributed by atoms with Crippen molar-refractivity contribution in [1.29, 1.82) is 0 Å². The first kappa shape index (κ1) is 30.7. The van der Waals surface area contributed by atoms with Crippen LogP contribution in [0.15, 0.2) is 0 Å². The molecule has 2 saturated heterocycles. The quantitative estimate of drug-likeness (QED) is 0.641. The van der Waals surface area contributed by atoms with Gasteiger partial charge in [0.25, 0.3) is 0 Å². The minimum absolute atomic E-state index is 0.826. The molecule has 7 heteroatoms. The molecule has 0 aromatic rings. The fourth-order valence-corrected chi connectivity index (χ4v) is 2.64. The van der Waals surface area contributed by atoms with Crippen molar-refractivity contribution in [2.24, 2.45) is 5.92 Å². The first-order chi connectivity index (χ1) is 14.8. The Labute approximate surface area is 194 Å². The fourth-order valence-electron chi connectivity index (χ4n) is 2.64. The Morgan fingerprint density at radius 2 is 1.26 bits per heavy atom. The average molecular weight is 445 g/mol. The van der Waals surface area contributed by atoms with E-state index in [2.05, 4.69) is 51.4 Å². The van der Waals surface area contributed by atoms with Gasteiger partial charge in [-0.15, -0.1) is 0 Å². The molecule has 2 aliphatic carbocycles. The van der Waals surface area contributed by atoms with E-state index in [4.69, 9.17) is 4.74 Å². The molecule has 2 heterocycles. The number of hydrogen-bond acceptors (Lipinski definition) is 7. The zero-order valence-corrected chi connectivity index (χ0v) is 22.3. The van der Waals surface area contributed by atoms with Gasteiger partial charge in [0.2, 0.25) is 0 Å². The van der Waals surface area contributed by atoms with Gasteiger partial charge >= 0.3 is 0 Å². The van der Waals surface area contributed by atoms with Gasteiger partial charge in [0, 0.05) is 45.9 Å². The zero-order chi connectivity index (χ0) is 23.5. The molecule has 0 radical (unpaired) electrons. The van der Waals surface area contributed by atoms with Crippen LogP contribution in [0.25, 0.3) is 0 Å². The number of ether oxygens (including phenoxy) is 1. The minimum Gasteiger partial charge on any atom is -0.383 e. The van der Waals surface area contributed by atoms with Crippen molar-refractivity contribution >= 4 is 0 Å².